The van der Waals surface area contributed by atoms with Crippen LogP contribution in [0.2, 0.25) is 0 Å². The number of furan rings is 1. The zero-order valence-corrected chi connectivity index (χ0v) is 33.6. The van der Waals surface area contributed by atoms with Crippen molar-refractivity contribution in [3.8, 4) is 67.5 Å². The molecule has 2 heterocycles. The molecule has 62 heavy (non-hydrogen) atoms. The fraction of sp³-hybridized carbons (Fsp3) is 0.0172. The first-order valence-electron chi connectivity index (χ1n) is 21.0. The van der Waals surface area contributed by atoms with Crippen molar-refractivity contribution in [2.75, 3.05) is 0 Å². The van der Waals surface area contributed by atoms with Crippen LogP contribution in [0, 0.1) is 0 Å². The summed E-state index contributed by atoms with van der Waals surface area (Å²) < 4.78 is 6.21. The third-order valence-corrected chi connectivity index (χ3v) is 12.4. The lowest BCUT2D eigenvalue weighted by Gasteiger charge is -2.34. The van der Waals surface area contributed by atoms with E-state index >= 15 is 0 Å². The average Bonchev–Trinajstić information content (AvgIpc) is 3.89. The van der Waals surface area contributed by atoms with Crippen LogP contribution < -0.4 is 0 Å². The molecule has 290 valence electrons. The van der Waals surface area contributed by atoms with Gasteiger partial charge in [0, 0.05) is 27.5 Å². The van der Waals surface area contributed by atoms with E-state index < -0.39 is 5.41 Å². The summed E-state index contributed by atoms with van der Waals surface area (Å²) in [5.41, 5.74) is 16.0. The van der Waals surface area contributed by atoms with E-state index in [1.807, 2.05) is 48.5 Å². The zero-order valence-electron chi connectivity index (χ0n) is 33.6. The summed E-state index contributed by atoms with van der Waals surface area (Å²) in [6.45, 7) is 0. The van der Waals surface area contributed by atoms with Crippen LogP contribution in [0.25, 0.3) is 89.5 Å². The number of rotatable bonds is 7. The molecule has 0 saturated heterocycles. The van der Waals surface area contributed by atoms with E-state index in [1.54, 1.807) is 0 Å². The highest BCUT2D eigenvalue weighted by Gasteiger charge is 2.46. The first kappa shape index (κ1) is 35.7. The Morgan fingerprint density at radius 2 is 0.790 bits per heavy atom. The number of hydrogen-bond acceptors (Lipinski definition) is 4. The molecule has 0 unspecified atom stereocenters. The molecule has 1 aliphatic carbocycles. The number of hydrogen-bond donors (Lipinski definition) is 0. The summed E-state index contributed by atoms with van der Waals surface area (Å²) in [6.07, 6.45) is 0. The Labute approximate surface area is 359 Å². The van der Waals surface area contributed by atoms with E-state index in [1.165, 1.54) is 33.4 Å². The SMILES string of the molecule is c1ccc(-c2nc(-c3ccc(-c4cccc5oc6ccccc6c45)cc3)nc(-c3cccc(-c4ccc5c(c4)C(c4ccccc4)(c4ccccc4)c4ccccc4-5)c3)n2)cc1. The molecule has 0 spiro atoms. The smallest absolute Gasteiger partial charge is 0.164 e. The lowest BCUT2D eigenvalue weighted by molar-refractivity contribution is 0.669. The van der Waals surface area contributed by atoms with Crippen LogP contribution in [0.1, 0.15) is 22.3 Å². The molecule has 0 amide bonds. The van der Waals surface area contributed by atoms with E-state index in [0.717, 1.165) is 60.9 Å². The molecule has 2 aromatic heterocycles. The van der Waals surface area contributed by atoms with Crippen LogP contribution in [-0.4, -0.2) is 15.0 Å². The van der Waals surface area contributed by atoms with Crippen LogP contribution >= 0.6 is 0 Å². The highest BCUT2D eigenvalue weighted by molar-refractivity contribution is 6.12. The second-order valence-electron chi connectivity index (χ2n) is 15.9. The largest absolute Gasteiger partial charge is 0.456 e. The standard InChI is InChI=1S/C58H37N3O/c1-4-16-39(17-5-1)55-59-56(40-32-30-38(31-33-40)46-26-15-29-53-54(46)49-25-11-13-28-52(49)62-53)61-57(60-55)43-19-14-18-41(36-43)42-34-35-48-47-24-10-12-27-50(47)58(51(48)37-42,44-20-6-2-7-21-44)45-22-8-3-9-23-45/h1-37H. The molecule has 0 N–H and O–H groups in total. The van der Waals surface area contributed by atoms with Gasteiger partial charge in [-0.1, -0.05) is 200 Å². The van der Waals surface area contributed by atoms with Gasteiger partial charge in [0.25, 0.3) is 0 Å². The zero-order chi connectivity index (χ0) is 41.0. The van der Waals surface area contributed by atoms with Crippen molar-refractivity contribution in [2.24, 2.45) is 0 Å². The van der Waals surface area contributed by atoms with Crippen LogP contribution in [0.4, 0.5) is 0 Å². The molecule has 0 aliphatic heterocycles. The topological polar surface area (TPSA) is 51.8 Å². The molecule has 0 atom stereocenters. The first-order valence-corrected chi connectivity index (χ1v) is 21.0. The van der Waals surface area contributed by atoms with Gasteiger partial charge >= 0.3 is 0 Å². The molecular weight excluding hydrogens is 755 g/mol. The quantitative estimate of drug-likeness (QED) is 0.161. The van der Waals surface area contributed by atoms with Crippen LogP contribution in [0.5, 0.6) is 0 Å². The molecule has 4 heteroatoms. The second-order valence-corrected chi connectivity index (χ2v) is 15.9. The van der Waals surface area contributed by atoms with Gasteiger partial charge in [0.05, 0.1) is 5.41 Å². The van der Waals surface area contributed by atoms with E-state index in [0.29, 0.717) is 17.5 Å². The Balaban J connectivity index is 0.972. The molecule has 9 aromatic carbocycles. The minimum Gasteiger partial charge on any atom is -0.456 e. The molecule has 0 saturated carbocycles. The molecule has 0 fully saturated rings. The van der Waals surface area contributed by atoms with Crippen molar-refractivity contribution in [1.82, 2.24) is 15.0 Å². The van der Waals surface area contributed by atoms with Crippen molar-refractivity contribution < 1.29 is 4.42 Å². The maximum absolute atomic E-state index is 6.21. The fourth-order valence-electron chi connectivity index (χ4n) is 9.63. The van der Waals surface area contributed by atoms with Gasteiger partial charge < -0.3 is 4.42 Å². The van der Waals surface area contributed by atoms with Gasteiger partial charge in [-0.15, -0.1) is 0 Å². The Bertz CT molecular complexity index is 3410. The molecule has 12 rings (SSSR count). The van der Waals surface area contributed by atoms with E-state index in [4.69, 9.17) is 19.4 Å². The Kier molecular flexibility index (Phi) is 8.36. The minimum atomic E-state index is -0.482. The Morgan fingerprint density at radius 3 is 1.53 bits per heavy atom. The summed E-state index contributed by atoms with van der Waals surface area (Å²) in [5, 5.41) is 2.22. The third-order valence-electron chi connectivity index (χ3n) is 12.4. The van der Waals surface area contributed by atoms with Gasteiger partial charge in [-0.05, 0) is 79.9 Å². The van der Waals surface area contributed by atoms with Crippen LogP contribution in [-0.2, 0) is 5.41 Å². The molecule has 0 bridgehead atoms. The van der Waals surface area contributed by atoms with Gasteiger partial charge in [0.1, 0.15) is 11.2 Å². The summed E-state index contributed by atoms with van der Waals surface area (Å²) in [4.78, 5) is 15.3. The predicted octanol–water partition coefficient (Wildman–Crippen LogP) is 14.5. The number of para-hydroxylation sites is 1. The summed E-state index contributed by atoms with van der Waals surface area (Å²) in [7, 11) is 0. The number of nitrogens with zero attached hydrogens (tertiary/aromatic N) is 3. The number of fused-ring (bicyclic) bond motifs is 6. The molecule has 11 aromatic rings. The Hall–Kier alpha value is -8.21. The van der Waals surface area contributed by atoms with Crippen LogP contribution in [0.15, 0.2) is 229 Å². The highest BCUT2D eigenvalue weighted by atomic mass is 16.3. The maximum Gasteiger partial charge on any atom is 0.164 e. The maximum atomic E-state index is 6.21. The monoisotopic (exact) mass is 791 g/mol. The Morgan fingerprint density at radius 1 is 0.306 bits per heavy atom. The van der Waals surface area contributed by atoms with E-state index in [-0.39, 0.29) is 0 Å². The number of benzene rings is 9. The van der Waals surface area contributed by atoms with Gasteiger partial charge in [-0.3, -0.25) is 0 Å². The van der Waals surface area contributed by atoms with Gasteiger partial charge in [-0.2, -0.15) is 0 Å². The first-order chi connectivity index (χ1) is 30.7. The van der Waals surface area contributed by atoms with E-state index in [9.17, 15) is 0 Å². The third kappa shape index (κ3) is 5.72. The predicted molar refractivity (Wildman–Crippen MR) is 252 cm³/mol. The lowest BCUT2D eigenvalue weighted by atomic mass is 9.67. The summed E-state index contributed by atoms with van der Waals surface area (Å²) in [5.74, 6) is 1.86. The molecule has 4 nitrogen and oxygen atoms in total. The fourth-order valence-corrected chi connectivity index (χ4v) is 9.63. The normalized spacial score (nSPS) is 12.6. The summed E-state index contributed by atoms with van der Waals surface area (Å²) in [6, 6.07) is 79.4. The minimum absolute atomic E-state index is 0.482. The molecule has 0 radical (unpaired) electrons. The van der Waals surface area contributed by atoms with Crippen LogP contribution in [0.3, 0.4) is 0 Å². The summed E-state index contributed by atoms with van der Waals surface area (Å²) >= 11 is 0. The van der Waals surface area contributed by atoms with Crippen molar-refractivity contribution in [3.05, 3.63) is 247 Å². The molecule has 1 aliphatic rings. The van der Waals surface area contributed by atoms with Gasteiger partial charge in [0.15, 0.2) is 17.5 Å². The average molecular weight is 792 g/mol. The van der Waals surface area contributed by atoms with Gasteiger partial charge in [0.2, 0.25) is 0 Å². The van der Waals surface area contributed by atoms with E-state index in [2.05, 4.69) is 176 Å². The number of aromatic nitrogens is 3. The van der Waals surface area contributed by atoms with Crippen molar-refractivity contribution in [3.63, 3.8) is 0 Å². The van der Waals surface area contributed by atoms with Crippen molar-refractivity contribution in [1.29, 1.82) is 0 Å². The van der Waals surface area contributed by atoms with Gasteiger partial charge in [-0.25, -0.2) is 15.0 Å². The lowest BCUT2D eigenvalue weighted by Crippen LogP contribution is -2.28. The van der Waals surface area contributed by atoms with Crippen molar-refractivity contribution >= 4 is 21.9 Å². The molecular formula is C58H37N3O. The van der Waals surface area contributed by atoms with Crippen molar-refractivity contribution in [2.45, 2.75) is 5.41 Å². The second kappa shape index (κ2) is 14.5. The highest BCUT2D eigenvalue weighted by Crippen LogP contribution is 2.56.